The van der Waals surface area contributed by atoms with E-state index in [1.165, 1.54) is 9.91 Å². The second-order valence-electron chi connectivity index (χ2n) is 19.2. The molecule has 67 heavy (non-hydrogen) atoms. The van der Waals surface area contributed by atoms with Crippen molar-refractivity contribution in [2.75, 3.05) is 40.4 Å². The summed E-state index contributed by atoms with van der Waals surface area (Å²) in [6.45, 7) is 10.7. The molecule has 3 unspecified atom stereocenters. The standard InChI is InChI=1S/C50H55F3N6O7Si/c1-7-35(60)57-21-18-30(25-57)46(62)56(5)41(38(51)45(52)53)42(61)44-50(67-44)24-27-12-9-13-28(22-27)29-16-17-34-32(23-29)36-37(43(65-6)39-31(14-10-19-54-39)40(36)58(34)8-2)49(3,4)26-66-47(63)33-15-11-20-59(55-33)48(50)64/h7,9-10,12-14,16-17,19,22-23,30,33,37-38,41,43-45,55H,1,8,11,15,18,20-21,24-26H2,2-6H3/t30-,33-,37?,38?,41-,43-,44?,50-/m0/s1. The Labute approximate surface area is 389 Å². The summed E-state index contributed by atoms with van der Waals surface area (Å²) in [6.07, 6.45) is -3.30. The first-order valence-electron chi connectivity index (χ1n) is 22.9. The average molecular weight is 937 g/mol. The zero-order valence-electron chi connectivity index (χ0n) is 38.3. The molecule has 1 aliphatic carbocycles. The van der Waals surface area contributed by atoms with Gasteiger partial charge in [-0.15, -0.1) is 0 Å². The molecule has 4 aliphatic heterocycles. The van der Waals surface area contributed by atoms with E-state index >= 15 is 9.18 Å². The van der Waals surface area contributed by atoms with Gasteiger partial charge in [-0.25, -0.2) is 18.6 Å². The molecule has 352 valence electrons. The number of esters is 1. The summed E-state index contributed by atoms with van der Waals surface area (Å²) in [5.74, 6) is -4.40. The van der Waals surface area contributed by atoms with Gasteiger partial charge in [0.1, 0.15) is 18.2 Å². The summed E-state index contributed by atoms with van der Waals surface area (Å²) in [4.78, 5) is 77.0. The quantitative estimate of drug-likeness (QED) is 0.113. The number of likely N-dealkylation sites (N-methyl/N-ethyl adjacent to an activating group) is 1. The van der Waals surface area contributed by atoms with Gasteiger partial charge in [0.25, 0.3) is 6.43 Å². The second-order valence-corrected chi connectivity index (χ2v) is 20.9. The summed E-state index contributed by atoms with van der Waals surface area (Å²) >= 11 is 0. The number of nitrogens with zero attached hydrogens (tertiary/aromatic N) is 5. The van der Waals surface area contributed by atoms with Crippen LogP contribution >= 0.6 is 0 Å². The third-order valence-electron chi connectivity index (χ3n) is 14.6. The van der Waals surface area contributed by atoms with Gasteiger partial charge in [-0.3, -0.25) is 34.0 Å². The van der Waals surface area contributed by atoms with Gasteiger partial charge in [-0.05, 0) is 85.2 Å². The summed E-state index contributed by atoms with van der Waals surface area (Å²) in [7, 11) is 2.36. The summed E-state index contributed by atoms with van der Waals surface area (Å²) in [5, 5.41) is 0.818. The number of likely N-dealkylation sites (tertiary alicyclic amines) is 1. The largest absolute Gasteiger partial charge is 0.464 e. The molecule has 13 nitrogen and oxygen atoms in total. The molecular formula is C50H55F3N6O7Si. The van der Waals surface area contributed by atoms with Crippen LogP contribution in [0.2, 0.25) is 10.6 Å². The third-order valence-corrected chi connectivity index (χ3v) is 16.6. The van der Waals surface area contributed by atoms with Gasteiger partial charge in [-0.2, -0.15) is 0 Å². The number of cyclic esters (lactones) is 1. The zero-order valence-corrected chi connectivity index (χ0v) is 39.3. The van der Waals surface area contributed by atoms with Crippen LogP contribution in [0.25, 0.3) is 33.3 Å². The Morgan fingerprint density at radius 1 is 1.07 bits per heavy atom. The minimum absolute atomic E-state index is 0.00149. The van der Waals surface area contributed by atoms with E-state index in [0.717, 1.165) is 62.6 Å². The number of carbonyl (C=O) groups excluding carboxylic acids is 5. The number of hydrogen-bond donors (Lipinski definition) is 1. The van der Waals surface area contributed by atoms with Crippen molar-refractivity contribution >= 4 is 49.9 Å². The number of ether oxygens (including phenoxy) is 2. The van der Waals surface area contributed by atoms with Gasteiger partial charge < -0.3 is 23.8 Å². The van der Waals surface area contributed by atoms with Gasteiger partial charge >= 0.3 is 5.97 Å². The van der Waals surface area contributed by atoms with Crippen molar-refractivity contribution in [1.82, 2.24) is 29.8 Å². The number of fused-ring (bicyclic) bond motifs is 8. The number of aryl methyl sites for hydroxylation is 1. The number of rotatable bonds is 9. The van der Waals surface area contributed by atoms with Crippen LogP contribution in [-0.2, 0) is 46.4 Å². The highest BCUT2D eigenvalue weighted by atomic mass is 28.2. The highest BCUT2D eigenvalue weighted by Gasteiger charge is 2.67. The van der Waals surface area contributed by atoms with E-state index in [-0.39, 0.29) is 45.0 Å². The molecule has 17 heteroatoms. The third kappa shape index (κ3) is 7.89. The Bertz CT molecular complexity index is 2680. The summed E-state index contributed by atoms with van der Waals surface area (Å²) in [5.41, 5.74) is 8.39. The number of nitrogens with one attached hydrogen (secondary N) is 1. The predicted molar refractivity (Wildman–Crippen MR) is 245 cm³/mol. The van der Waals surface area contributed by atoms with E-state index in [2.05, 4.69) is 55.5 Å². The molecule has 2 radical (unpaired) electrons. The van der Waals surface area contributed by atoms with E-state index in [9.17, 15) is 28.0 Å². The first kappa shape index (κ1) is 46.5. The lowest BCUT2D eigenvalue weighted by Gasteiger charge is -2.42. The Morgan fingerprint density at radius 3 is 2.58 bits per heavy atom. The molecule has 5 aliphatic rings. The van der Waals surface area contributed by atoms with Gasteiger partial charge in [0.2, 0.25) is 17.7 Å². The number of Topliss-reactive ketones (excluding diaryl/α,β-unsaturated/α-hetero) is 1. The van der Waals surface area contributed by atoms with Crippen molar-refractivity contribution in [2.24, 2.45) is 11.3 Å². The highest BCUT2D eigenvalue weighted by molar-refractivity contribution is 6.70. The zero-order chi connectivity index (χ0) is 47.7. The fourth-order valence-electron chi connectivity index (χ4n) is 11.2. The predicted octanol–water partition coefficient (Wildman–Crippen LogP) is 6.49. The van der Waals surface area contributed by atoms with Crippen LogP contribution in [0.4, 0.5) is 13.2 Å². The number of carbonyl (C=O) groups is 5. The van der Waals surface area contributed by atoms with Crippen LogP contribution in [-0.4, -0.2) is 128 Å². The molecule has 1 N–H and O–H groups in total. The van der Waals surface area contributed by atoms with Crippen molar-refractivity contribution in [3.63, 3.8) is 0 Å². The van der Waals surface area contributed by atoms with E-state index < -0.39 is 91.7 Å². The molecule has 6 bridgehead atoms. The summed E-state index contributed by atoms with van der Waals surface area (Å²) in [6, 6.07) is 14.8. The maximum Gasteiger partial charge on any atom is 0.324 e. The fourth-order valence-corrected chi connectivity index (χ4v) is 12.9. The normalized spacial score (nSPS) is 26.4. The second kappa shape index (κ2) is 17.8. The minimum atomic E-state index is -3.61. The van der Waals surface area contributed by atoms with Crippen molar-refractivity contribution in [1.29, 1.82) is 0 Å². The van der Waals surface area contributed by atoms with Gasteiger partial charge in [0, 0.05) is 79.9 Å². The van der Waals surface area contributed by atoms with Crippen LogP contribution in [0.15, 0.2) is 73.4 Å². The number of ketones is 1. The lowest BCUT2D eigenvalue weighted by Crippen LogP contribution is -2.57. The molecule has 3 saturated heterocycles. The maximum atomic E-state index is 15.9. The number of alkyl halides is 3. The van der Waals surface area contributed by atoms with Gasteiger partial charge in [0.05, 0.1) is 38.5 Å². The number of pyridine rings is 1. The molecule has 2 aromatic carbocycles. The average Bonchev–Trinajstić information content (AvgIpc) is 3.67. The lowest BCUT2D eigenvalue weighted by molar-refractivity contribution is -0.156. The van der Waals surface area contributed by atoms with E-state index in [1.807, 2.05) is 36.4 Å². The molecule has 6 heterocycles. The first-order valence-corrected chi connectivity index (χ1v) is 24.0. The molecule has 0 saturated carbocycles. The van der Waals surface area contributed by atoms with Crippen LogP contribution in [0.5, 0.6) is 0 Å². The molecule has 4 aromatic rings. The van der Waals surface area contributed by atoms with Crippen LogP contribution < -0.4 is 5.43 Å². The molecule has 8 atom stereocenters. The Kier molecular flexibility index (Phi) is 12.3. The monoisotopic (exact) mass is 936 g/mol. The number of hydrogen-bond acceptors (Lipinski definition) is 9. The number of halogens is 3. The van der Waals surface area contributed by atoms with E-state index in [0.29, 0.717) is 24.9 Å². The van der Waals surface area contributed by atoms with Crippen LogP contribution in [0.1, 0.15) is 68.9 Å². The number of benzene rings is 2. The topological polar surface area (TPSA) is 143 Å². The van der Waals surface area contributed by atoms with Crippen molar-refractivity contribution < 1.29 is 46.6 Å². The van der Waals surface area contributed by atoms with Crippen LogP contribution in [0, 0.1) is 11.3 Å². The lowest BCUT2D eigenvalue weighted by atomic mass is 9.67. The van der Waals surface area contributed by atoms with E-state index in [1.54, 1.807) is 13.3 Å². The van der Waals surface area contributed by atoms with Crippen molar-refractivity contribution in [3.8, 4) is 22.4 Å². The number of amides is 3. The van der Waals surface area contributed by atoms with Crippen molar-refractivity contribution in [2.45, 2.75) is 100 Å². The number of methoxy groups -OCH3 is 1. The molecule has 1 spiro atoms. The molecular weight excluding hydrogens is 882 g/mol. The summed E-state index contributed by atoms with van der Waals surface area (Å²) < 4.78 is 59.5. The van der Waals surface area contributed by atoms with Crippen LogP contribution in [0.3, 0.4) is 0 Å². The van der Waals surface area contributed by atoms with Gasteiger partial charge in [-0.1, -0.05) is 50.8 Å². The Balaban J connectivity index is 1.14. The SMILES string of the molecule is C=CC(=O)N1CC[C@H](C(=O)N(C)[C@H](C(=O)C2[Si][C@@]23Cc2cccc(c2)-c2ccc4c(c2)c2c(n4CC)-c4cccnc4[C@@H](OC)C2C(C)(C)COC(=O)[C@@H]2CCCN(N2)C3=O)C(F)C(F)F)C1. The molecule has 3 amide bonds. The smallest absolute Gasteiger partial charge is 0.324 e. The fraction of sp³-hybridized carbons (Fsp3) is 0.480. The Hall–Kier alpha value is -5.65. The van der Waals surface area contributed by atoms with Crippen molar-refractivity contribution in [3.05, 3.63) is 90.3 Å². The maximum absolute atomic E-state index is 15.9. The molecule has 2 aromatic heterocycles. The Morgan fingerprint density at radius 2 is 1.85 bits per heavy atom. The van der Waals surface area contributed by atoms with Gasteiger partial charge in [0.15, 0.2) is 12.0 Å². The number of hydrazine groups is 1. The highest BCUT2D eigenvalue weighted by Crippen LogP contribution is 2.62. The molecule has 3 fully saturated rings. The van der Waals surface area contributed by atoms with E-state index in [4.69, 9.17) is 14.5 Å². The first-order chi connectivity index (χ1) is 32.0. The number of aromatic nitrogens is 2. The minimum Gasteiger partial charge on any atom is -0.464 e. The molecule has 9 rings (SSSR count).